The molecule has 2 heterocycles. The summed E-state index contributed by atoms with van der Waals surface area (Å²) >= 11 is 0. The van der Waals surface area contributed by atoms with E-state index in [0.717, 1.165) is 16.7 Å². The normalized spacial score (nSPS) is 11.7. The van der Waals surface area contributed by atoms with E-state index in [1.165, 1.54) is 31.1 Å². The second-order valence-electron chi connectivity index (χ2n) is 7.59. The first kappa shape index (κ1) is 23.1. The molecule has 2 aromatic heterocycles. The molecule has 0 unspecified atom stereocenters. The Kier molecular flexibility index (Phi) is 6.15. The topological polar surface area (TPSA) is 94.2 Å². The first-order valence-electron chi connectivity index (χ1n) is 9.71. The van der Waals surface area contributed by atoms with E-state index in [1.807, 2.05) is 0 Å². The monoisotopic (exact) mass is 452 g/mol. The minimum absolute atomic E-state index is 0.00880. The van der Waals surface area contributed by atoms with Gasteiger partial charge in [-0.1, -0.05) is 0 Å². The maximum absolute atomic E-state index is 13.1. The first-order chi connectivity index (χ1) is 14.9. The van der Waals surface area contributed by atoms with E-state index in [4.69, 9.17) is 0 Å². The van der Waals surface area contributed by atoms with Crippen molar-refractivity contribution in [2.24, 2.45) is 14.1 Å². The van der Waals surface area contributed by atoms with Crippen molar-refractivity contribution in [3.05, 3.63) is 50.9 Å². The van der Waals surface area contributed by atoms with E-state index in [1.54, 1.807) is 23.6 Å². The molecule has 9 nitrogen and oxygen atoms in total. The maximum atomic E-state index is 13.1. The number of imidazole rings is 1. The highest BCUT2D eigenvalue weighted by atomic mass is 19.4. The highest BCUT2D eigenvalue weighted by Crippen LogP contribution is 2.35. The number of fused-ring (bicyclic) bond motifs is 1. The van der Waals surface area contributed by atoms with Gasteiger partial charge >= 0.3 is 11.9 Å². The number of carbonyl (C=O) groups is 1. The van der Waals surface area contributed by atoms with Crippen LogP contribution in [0.25, 0.3) is 11.2 Å². The van der Waals surface area contributed by atoms with Gasteiger partial charge in [-0.2, -0.15) is 13.2 Å². The summed E-state index contributed by atoms with van der Waals surface area (Å²) in [5.74, 6) is -0.461. The number of alkyl halides is 3. The van der Waals surface area contributed by atoms with Crippen LogP contribution in [0.15, 0.2) is 34.1 Å². The Morgan fingerprint density at radius 2 is 1.84 bits per heavy atom. The molecule has 0 aliphatic heterocycles. The Morgan fingerprint density at radius 1 is 1.16 bits per heavy atom. The molecule has 32 heavy (non-hydrogen) atoms. The van der Waals surface area contributed by atoms with Crippen LogP contribution in [0.4, 0.5) is 24.5 Å². The third-order valence-corrected chi connectivity index (χ3v) is 5.10. The Morgan fingerprint density at radius 3 is 2.47 bits per heavy atom. The lowest BCUT2D eigenvalue weighted by atomic mass is 10.1. The van der Waals surface area contributed by atoms with Crippen LogP contribution in [0.1, 0.15) is 18.4 Å². The highest BCUT2D eigenvalue weighted by Gasteiger charge is 2.31. The number of benzene rings is 1. The Balaban J connectivity index is 1.74. The van der Waals surface area contributed by atoms with E-state index in [9.17, 15) is 27.6 Å². The molecule has 1 N–H and O–H groups in total. The van der Waals surface area contributed by atoms with Crippen molar-refractivity contribution in [1.29, 1.82) is 0 Å². The quantitative estimate of drug-likeness (QED) is 0.617. The molecule has 0 aliphatic carbocycles. The SMILES string of the molecule is CN(C)c1ccc(C(F)(F)F)cc1NC(=O)CCCn1cnc2c1c(=O)n(C)c(=O)n2C. The lowest BCUT2D eigenvalue weighted by Gasteiger charge is -2.20. The van der Waals surface area contributed by atoms with Gasteiger partial charge in [-0.05, 0) is 24.6 Å². The summed E-state index contributed by atoms with van der Waals surface area (Å²) in [5.41, 5.74) is -0.868. The molecule has 0 aliphatic rings. The number of halogens is 3. The van der Waals surface area contributed by atoms with Crippen LogP contribution in [0.5, 0.6) is 0 Å². The van der Waals surface area contributed by atoms with Crippen molar-refractivity contribution in [2.75, 3.05) is 24.3 Å². The summed E-state index contributed by atoms with van der Waals surface area (Å²) in [6, 6.07) is 3.17. The largest absolute Gasteiger partial charge is 0.416 e. The summed E-state index contributed by atoms with van der Waals surface area (Å²) in [5, 5.41) is 2.54. The minimum Gasteiger partial charge on any atom is -0.376 e. The Bertz CT molecular complexity index is 1290. The van der Waals surface area contributed by atoms with Gasteiger partial charge in [0.25, 0.3) is 5.56 Å². The predicted molar refractivity (Wildman–Crippen MR) is 114 cm³/mol. The Hall–Kier alpha value is -3.57. The first-order valence-corrected chi connectivity index (χ1v) is 9.71. The second-order valence-corrected chi connectivity index (χ2v) is 7.59. The molecule has 1 aromatic carbocycles. The zero-order valence-corrected chi connectivity index (χ0v) is 18.0. The number of aromatic nitrogens is 4. The minimum atomic E-state index is -4.53. The smallest absolute Gasteiger partial charge is 0.376 e. The van der Waals surface area contributed by atoms with Gasteiger partial charge in [0.2, 0.25) is 5.91 Å². The van der Waals surface area contributed by atoms with E-state index >= 15 is 0 Å². The fourth-order valence-corrected chi connectivity index (χ4v) is 3.39. The number of hydrogen-bond donors (Lipinski definition) is 1. The fourth-order valence-electron chi connectivity index (χ4n) is 3.39. The molecule has 0 radical (unpaired) electrons. The van der Waals surface area contributed by atoms with Crippen LogP contribution in [-0.2, 0) is 31.6 Å². The van der Waals surface area contributed by atoms with E-state index in [2.05, 4.69) is 10.3 Å². The molecule has 172 valence electrons. The van der Waals surface area contributed by atoms with Crippen LogP contribution < -0.4 is 21.5 Å². The van der Waals surface area contributed by atoms with Gasteiger partial charge in [0.05, 0.1) is 23.3 Å². The molecule has 3 aromatic rings. The number of hydrogen-bond acceptors (Lipinski definition) is 5. The molecule has 12 heteroatoms. The zero-order chi connectivity index (χ0) is 23.8. The summed E-state index contributed by atoms with van der Waals surface area (Å²) < 4.78 is 43.0. The number of anilines is 2. The zero-order valence-electron chi connectivity index (χ0n) is 18.0. The number of aryl methyl sites for hydroxylation is 2. The summed E-state index contributed by atoms with van der Waals surface area (Å²) in [4.78, 5) is 42.6. The number of amides is 1. The van der Waals surface area contributed by atoms with Crippen molar-refractivity contribution in [2.45, 2.75) is 25.6 Å². The molecule has 0 bridgehead atoms. The predicted octanol–water partition coefficient (Wildman–Crippen LogP) is 1.94. The maximum Gasteiger partial charge on any atom is 0.416 e. The third kappa shape index (κ3) is 4.39. The van der Waals surface area contributed by atoms with E-state index in [0.29, 0.717) is 12.1 Å². The third-order valence-electron chi connectivity index (χ3n) is 5.10. The van der Waals surface area contributed by atoms with Crippen molar-refractivity contribution >= 4 is 28.4 Å². The van der Waals surface area contributed by atoms with Crippen molar-refractivity contribution < 1.29 is 18.0 Å². The van der Waals surface area contributed by atoms with Crippen molar-refractivity contribution in [1.82, 2.24) is 18.7 Å². The molecule has 0 fully saturated rings. The summed E-state index contributed by atoms with van der Waals surface area (Å²) in [7, 11) is 6.20. The molecule has 0 spiro atoms. The van der Waals surface area contributed by atoms with Crippen molar-refractivity contribution in [3.8, 4) is 0 Å². The number of nitrogens with one attached hydrogen (secondary N) is 1. The molecular weight excluding hydrogens is 429 g/mol. The molecule has 0 saturated carbocycles. The lowest BCUT2D eigenvalue weighted by molar-refractivity contribution is -0.137. The van der Waals surface area contributed by atoms with Gasteiger partial charge in [-0.15, -0.1) is 0 Å². The number of carbonyl (C=O) groups excluding carboxylic acids is 1. The average molecular weight is 452 g/mol. The van der Waals surface area contributed by atoms with Gasteiger partial charge in [-0.25, -0.2) is 9.78 Å². The van der Waals surface area contributed by atoms with Gasteiger partial charge in [0, 0.05) is 41.2 Å². The molecule has 3 rings (SSSR count). The average Bonchev–Trinajstić information content (AvgIpc) is 3.13. The number of nitrogens with zero attached hydrogens (tertiary/aromatic N) is 5. The molecule has 0 atom stereocenters. The molecular formula is C20H23F3N6O3. The van der Waals surface area contributed by atoms with Gasteiger partial charge < -0.3 is 14.8 Å². The van der Waals surface area contributed by atoms with E-state index in [-0.39, 0.29) is 29.8 Å². The van der Waals surface area contributed by atoms with Crippen LogP contribution in [0.3, 0.4) is 0 Å². The Labute approximate surface area is 180 Å². The van der Waals surface area contributed by atoms with Crippen LogP contribution in [-0.4, -0.2) is 38.7 Å². The molecule has 1 amide bonds. The summed E-state index contributed by atoms with van der Waals surface area (Å²) in [6.45, 7) is 0.264. The number of rotatable bonds is 6. The second kappa shape index (κ2) is 8.52. The fraction of sp³-hybridized carbons (Fsp3) is 0.400. The standard InChI is InChI=1S/C20H23F3N6O3/c1-26(2)14-8-7-12(20(21,22)23)10-13(14)25-15(30)6-5-9-29-11-24-17-16(29)18(31)28(4)19(32)27(17)3/h7-8,10-11H,5-6,9H2,1-4H3,(H,25,30). The van der Waals surface area contributed by atoms with Crippen LogP contribution in [0.2, 0.25) is 0 Å². The van der Waals surface area contributed by atoms with Crippen molar-refractivity contribution in [3.63, 3.8) is 0 Å². The van der Waals surface area contributed by atoms with Gasteiger partial charge in [0.1, 0.15) is 0 Å². The van der Waals surface area contributed by atoms with Gasteiger partial charge in [0.15, 0.2) is 11.2 Å². The lowest BCUT2D eigenvalue weighted by Crippen LogP contribution is -2.37. The van der Waals surface area contributed by atoms with Crippen LogP contribution in [0, 0.1) is 0 Å². The summed E-state index contributed by atoms with van der Waals surface area (Å²) in [6.07, 6.45) is -2.80. The van der Waals surface area contributed by atoms with Crippen LogP contribution >= 0.6 is 0 Å². The van der Waals surface area contributed by atoms with E-state index < -0.39 is 28.9 Å². The highest BCUT2D eigenvalue weighted by molar-refractivity contribution is 5.94. The van der Waals surface area contributed by atoms with Gasteiger partial charge in [-0.3, -0.25) is 18.7 Å². The molecule has 0 saturated heterocycles.